The molecule has 1 aliphatic rings. The van der Waals surface area contributed by atoms with Crippen molar-refractivity contribution in [1.82, 2.24) is 9.88 Å². The number of rotatable bonds is 3. The summed E-state index contributed by atoms with van der Waals surface area (Å²) in [5.74, 6) is 1.35. The highest BCUT2D eigenvalue weighted by atomic mass is 16.5. The van der Waals surface area contributed by atoms with Crippen LogP contribution in [0.2, 0.25) is 0 Å². The maximum atomic E-state index is 12.5. The molecule has 0 radical (unpaired) electrons. The molecule has 122 valence electrons. The molecule has 2 heterocycles. The summed E-state index contributed by atoms with van der Waals surface area (Å²) in [7, 11) is 0. The minimum Gasteiger partial charge on any atom is -0.441 e. The van der Waals surface area contributed by atoms with Crippen LogP contribution in [0, 0.1) is 13.8 Å². The van der Waals surface area contributed by atoms with Gasteiger partial charge in [0.25, 0.3) is 0 Å². The quantitative estimate of drug-likeness (QED) is 0.874. The van der Waals surface area contributed by atoms with Crippen LogP contribution in [-0.2, 0) is 16.0 Å². The van der Waals surface area contributed by atoms with Gasteiger partial charge in [0.2, 0.25) is 11.8 Å². The molecule has 23 heavy (non-hydrogen) atoms. The molecule has 1 unspecified atom stereocenters. The second-order valence-electron chi connectivity index (χ2n) is 6.08. The molecule has 3 rings (SSSR count). The largest absolute Gasteiger partial charge is 0.441 e. The second-order valence-corrected chi connectivity index (χ2v) is 6.08. The third-order valence-electron chi connectivity index (χ3n) is 4.16. The number of aryl methyl sites for hydroxylation is 2. The summed E-state index contributed by atoms with van der Waals surface area (Å²) in [5.41, 5.74) is 2.80. The molecule has 1 atom stereocenters. The van der Waals surface area contributed by atoms with Crippen molar-refractivity contribution in [2.24, 2.45) is 0 Å². The van der Waals surface area contributed by atoms with Crippen molar-refractivity contribution in [2.75, 3.05) is 19.8 Å². The zero-order valence-electron chi connectivity index (χ0n) is 13.8. The lowest BCUT2D eigenvalue weighted by molar-refractivity contribution is -0.138. The zero-order valence-corrected chi connectivity index (χ0v) is 13.8. The third kappa shape index (κ3) is 3.45. The highest BCUT2D eigenvalue weighted by Gasteiger charge is 2.25. The minimum atomic E-state index is 0.0768. The second kappa shape index (κ2) is 6.54. The molecule has 1 saturated heterocycles. The Morgan fingerprint density at radius 1 is 1.39 bits per heavy atom. The lowest BCUT2D eigenvalue weighted by Gasteiger charge is -2.33. The van der Waals surface area contributed by atoms with Gasteiger partial charge in [-0.25, -0.2) is 4.98 Å². The van der Waals surface area contributed by atoms with Crippen molar-refractivity contribution in [3.05, 3.63) is 41.3 Å². The van der Waals surface area contributed by atoms with Gasteiger partial charge in [0.1, 0.15) is 5.76 Å². The first-order chi connectivity index (χ1) is 11.0. The van der Waals surface area contributed by atoms with E-state index in [9.17, 15) is 4.79 Å². The summed E-state index contributed by atoms with van der Waals surface area (Å²) in [5, 5.41) is 0. The molecule has 0 N–H and O–H groups in total. The van der Waals surface area contributed by atoms with Gasteiger partial charge in [0.15, 0.2) is 0 Å². The lowest BCUT2D eigenvalue weighted by Crippen LogP contribution is -2.47. The average molecular weight is 314 g/mol. The molecular formula is C18H22N2O3. The predicted octanol–water partition coefficient (Wildman–Crippen LogP) is 2.75. The monoisotopic (exact) mass is 314 g/mol. The van der Waals surface area contributed by atoms with Crippen LogP contribution in [-0.4, -0.2) is 41.6 Å². The number of amides is 1. The molecule has 2 aromatic rings. The molecule has 1 aliphatic heterocycles. The Bertz CT molecular complexity index is 708. The van der Waals surface area contributed by atoms with Crippen molar-refractivity contribution in [2.45, 2.75) is 33.2 Å². The van der Waals surface area contributed by atoms with Crippen LogP contribution in [0.1, 0.15) is 23.9 Å². The number of oxazole rings is 1. The Hall–Kier alpha value is -2.14. The van der Waals surface area contributed by atoms with E-state index in [2.05, 4.69) is 4.98 Å². The van der Waals surface area contributed by atoms with Crippen molar-refractivity contribution >= 4 is 5.91 Å². The summed E-state index contributed by atoms with van der Waals surface area (Å²) in [6.45, 7) is 7.73. The van der Waals surface area contributed by atoms with Crippen LogP contribution in [0.5, 0.6) is 0 Å². The fraction of sp³-hybridized carbons (Fsp3) is 0.444. The molecule has 1 aromatic heterocycles. The maximum Gasteiger partial charge on any atom is 0.229 e. The van der Waals surface area contributed by atoms with Crippen LogP contribution in [0.25, 0.3) is 11.5 Å². The number of aromatic nitrogens is 1. The van der Waals surface area contributed by atoms with Crippen molar-refractivity contribution in [1.29, 1.82) is 0 Å². The number of hydrogen-bond acceptors (Lipinski definition) is 4. The predicted molar refractivity (Wildman–Crippen MR) is 87.1 cm³/mol. The molecule has 1 aromatic carbocycles. The maximum absolute atomic E-state index is 12.5. The first-order valence-electron chi connectivity index (χ1n) is 7.95. The molecule has 0 aliphatic carbocycles. The van der Waals surface area contributed by atoms with E-state index in [1.807, 2.05) is 49.9 Å². The van der Waals surface area contributed by atoms with Gasteiger partial charge in [-0.05, 0) is 32.9 Å². The van der Waals surface area contributed by atoms with Gasteiger partial charge in [-0.2, -0.15) is 0 Å². The van der Waals surface area contributed by atoms with Crippen LogP contribution in [0.3, 0.4) is 0 Å². The Labute approximate surface area is 136 Å². The van der Waals surface area contributed by atoms with E-state index >= 15 is 0 Å². The first kappa shape index (κ1) is 15.7. The Morgan fingerprint density at radius 3 is 2.96 bits per heavy atom. The van der Waals surface area contributed by atoms with Crippen molar-refractivity contribution in [3.8, 4) is 11.5 Å². The summed E-state index contributed by atoms with van der Waals surface area (Å²) < 4.78 is 11.1. The van der Waals surface area contributed by atoms with Gasteiger partial charge in [0, 0.05) is 12.1 Å². The fourth-order valence-electron chi connectivity index (χ4n) is 2.84. The van der Waals surface area contributed by atoms with Gasteiger partial charge in [-0.3, -0.25) is 4.79 Å². The topological polar surface area (TPSA) is 55.6 Å². The van der Waals surface area contributed by atoms with E-state index in [-0.39, 0.29) is 18.4 Å². The van der Waals surface area contributed by atoms with Crippen molar-refractivity contribution in [3.63, 3.8) is 0 Å². The number of ether oxygens (including phenoxy) is 1. The Balaban J connectivity index is 1.77. The molecule has 0 saturated carbocycles. The number of carbonyl (C=O) groups is 1. The van der Waals surface area contributed by atoms with E-state index in [1.165, 1.54) is 0 Å². The molecule has 1 fully saturated rings. The Kier molecular flexibility index (Phi) is 4.48. The van der Waals surface area contributed by atoms with Crippen molar-refractivity contribution < 1.29 is 13.9 Å². The number of morpholine rings is 1. The molecule has 5 heteroatoms. The van der Waals surface area contributed by atoms with Crippen LogP contribution in [0.15, 0.2) is 28.7 Å². The molecule has 1 amide bonds. The van der Waals surface area contributed by atoms with Gasteiger partial charge in [0.05, 0.1) is 31.4 Å². The Morgan fingerprint density at radius 2 is 2.22 bits per heavy atom. The highest BCUT2D eigenvalue weighted by Crippen LogP contribution is 2.23. The third-order valence-corrected chi connectivity index (χ3v) is 4.16. The van der Waals surface area contributed by atoms with Gasteiger partial charge in [-0.15, -0.1) is 0 Å². The molecule has 0 bridgehead atoms. The fourth-order valence-corrected chi connectivity index (χ4v) is 2.84. The summed E-state index contributed by atoms with van der Waals surface area (Å²) in [6.07, 6.45) is 0.269. The van der Waals surface area contributed by atoms with Crippen LogP contribution in [0.4, 0.5) is 0 Å². The lowest BCUT2D eigenvalue weighted by atomic mass is 10.1. The van der Waals surface area contributed by atoms with E-state index in [0.29, 0.717) is 37.1 Å². The number of carbonyl (C=O) groups excluding carboxylic acids is 1. The minimum absolute atomic E-state index is 0.0768. The first-order valence-corrected chi connectivity index (χ1v) is 7.95. The van der Waals surface area contributed by atoms with Gasteiger partial charge in [-0.1, -0.05) is 17.7 Å². The summed E-state index contributed by atoms with van der Waals surface area (Å²) >= 11 is 0. The zero-order chi connectivity index (χ0) is 16.4. The normalized spacial score (nSPS) is 18.2. The van der Waals surface area contributed by atoms with E-state index < -0.39 is 0 Å². The summed E-state index contributed by atoms with van der Waals surface area (Å²) in [6, 6.07) is 8.11. The SMILES string of the molecule is Cc1cccc(-c2nc(CC(=O)N3CCOCC3C)c(C)o2)c1. The molecule has 5 nitrogen and oxygen atoms in total. The van der Waals surface area contributed by atoms with Crippen LogP contribution < -0.4 is 0 Å². The standard InChI is InChI=1S/C18H22N2O3/c1-12-5-4-6-15(9-12)18-19-16(14(3)23-18)10-17(21)20-7-8-22-11-13(20)2/h4-6,9,13H,7-8,10-11H2,1-3H3. The number of nitrogens with zero attached hydrogens (tertiary/aromatic N) is 2. The number of hydrogen-bond donors (Lipinski definition) is 0. The number of benzene rings is 1. The van der Waals surface area contributed by atoms with E-state index in [1.54, 1.807) is 0 Å². The van der Waals surface area contributed by atoms with Crippen LogP contribution >= 0.6 is 0 Å². The average Bonchev–Trinajstić information content (AvgIpc) is 2.89. The van der Waals surface area contributed by atoms with E-state index in [4.69, 9.17) is 9.15 Å². The van der Waals surface area contributed by atoms with Gasteiger partial charge < -0.3 is 14.1 Å². The molecular weight excluding hydrogens is 292 g/mol. The van der Waals surface area contributed by atoms with Gasteiger partial charge >= 0.3 is 0 Å². The highest BCUT2D eigenvalue weighted by molar-refractivity contribution is 5.79. The van der Waals surface area contributed by atoms with E-state index in [0.717, 1.165) is 11.1 Å². The summed E-state index contributed by atoms with van der Waals surface area (Å²) in [4.78, 5) is 18.9. The smallest absolute Gasteiger partial charge is 0.229 e. The molecule has 0 spiro atoms.